The lowest BCUT2D eigenvalue weighted by Gasteiger charge is -2.32. The highest BCUT2D eigenvalue weighted by Crippen LogP contribution is 2.09. The average molecular weight is 242 g/mol. The van der Waals surface area contributed by atoms with Crippen molar-refractivity contribution in [1.82, 2.24) is 15.5 Å². The van der Waals surface area contributed by atoms with Gasteiger partial charge in [0.1, 0.15) is 0 Å². The van der Waals surface area contributed by atoms with Gasteiger partial charge >= 0.3 is 0 Å². The summed E-state index contributed by atoms with van der Waals surface area (Å²) in [7, 11) is 1.76. The summed E-state index contributed by atoms with van der Waals surface area (Å²) in [5.74, 6) is -0.267. The van der Waals surface area contributed by atoms with Crippen LogP contribution in [-0.4, -0.2) is 55.5 Å². The van der Waals surface area contributed by atoms with Crippen LogP contribution in [-0.2, 0) is 9.59 Å². The van der Waals surface area contributed by atoms with Crippen LogP contribution in [0.2, 0.25) is 0 Å². The van der Waals surface area contributed by atoms with Crippen LogP contribution in [0.4, 0.5) is 0 Å². The van der Waals surface area contributed by atoms with Gasteiger partial charge in [0.25, 0.3) is 0 Å². The number of piperidine rings is 1. The van der Waals surface area contributed by atoms with Gasteiger partial charge in [-0.2, -0.15) is 0 Å². The van der Waals surface area contributed by atoms with E-state index in [9.17, 15) is 9.59 Å². The van der Waals surface area contributed by atoms with Gasteiger partial charge < -0.3 is 16.4 Å². The highest BCUT2D eigenvalue weighted by molar-refractivity contribution is 5.81. The SMILES string of the molecule is CNC(C)C(=O)NC1CCN(CC(N)=O)CC1. The van der Waals surface area contributed by atoms with E-state index < -0.39 is 0 Å². The fourth-order valence-electron chi connectivity index (χ4n) is 1.91. The Bertz CT molecular complexity index is 275. The molecule has 1 rings (SSSR count). The maximum atomic E-state index is 11.6. The Morgan fingerprint density at radius 1 is 1.41 bits per heavy atom. The van der Waals surface area contributed by atoms with Crippen molar-refractivity contribution in [2.24, 2.45) is 5.73 Å². The van der Waals surface area contributed by atoms with Gasteiger partial charge in [0.2, 0.25) is 11.8 Å². The van der Waals surface area contributed by atoms with Crippen molar-refractivity contribution in [2.75, 3.05) is 26.7 Å². The second kappa shape index (κ2) is 6.56. The van der Waals surface area contributed by atoms with Crippen LogP contribution in [0.25, 0.3) is 0 Å². The Balaban J connectivity index is 2.27. The predicted molar refractivity (Wildman–Crippen MR) is 65.3 cm³/mol. The van der Waals surface area contributed by atoms with Crippen molar-refractivity contribution in [1.29, 1.82) is 0 Å². The molecule has 0 radical (unpaired) electrons. The third-order valence-electron chi connectivity index (χ3n) is 3.14. The fourth-order valence-corrected chi connectivity index (χ4v) is 1.91. The van der Waals surface area contributed by atoms with E-state index in [1.165, 1.54) is 0 Å². The Hall–Kier alpha value is -1.14. The van der Waals surface area contributed by atoms with Crippen molar-refractivity contribution in [2.45, 2.75) is 31.8 Å². The first-order valence-corrected chi connectivity index (χ1v) is 6.01. The Morgan fingerprint density at radius 3 is 2.47 bits per heavy atom. The smallest absolute Gasteiger partial charge is 0.237 e. The Kier molecular flexibility index (Phi) is 5.37. The number of likely N-dealkylation sites (N-methyl/N-ethyl adjacent to an activating group) is 1. The molecule has 1 aliphatic rings. The minimum atomic E-state index is -0.295. The van der Waals surface area contributed by atoms with Crippen molar-refractivity contribution >= 4 is 11.8 Å². The zero-order valence-electron chi connectivity index (χ0n) is 10.5. The van der Waals surface area contributed by atoms with Crippen LogP contribution in [0.5, 0.6) is 0 Å². The molecule has 0 aromatic heterocycles. The molecular formula is C11H22N4O2. The highest BCUT2D eigenvalue weighted by Gasteiger charge is 2.22. The molecule has 1 aliphatic heterocycles. The third-order valence-corrected chi connectivity index (χ3v) is 3.14. The molecule has 0 aliphatic carbocycles. The first kappa shape index (κ1) is 13.9. The lowest BCUT2D eigenvalue weighted by molar-refractivity contribution is -0.124. The van der Waals surface area contributed by atoms with Gasteiger partial charge in [0.15, 0.2) is 0 Å². The van der Waals surface area contributed by atoms with Gasteiger partial charge in [0, 0.05) is 19.1 Å². The molecule has 0 saturated carbocycles. The quantitative estimate of drug-likeness (QED) is 0.557. The summed E-state index contributed by atoms with van der Waals surface area (Å²) in [6.07, 6.45) is 1.74. The molecule has 1 unspecified atom stereocenters. The molecular weight excluding hydrogens is 220 g/mol. The average Bonchev–Trinajstić information content (AvgIpc) is 2.30. The normalized spacial score (nSPS) is 19.9. The monoisotopic (exact) mass is 242 g/mol. The highest BCUT2D eigenvalue weighted by atomic mass is 16.2. The van der Waals surface area contributed by atoms with Crippen LogP contribution >= 0.6 is 0 Å². The minimum Gasteiger partial charge on any atom is -0.369 e. The number of nitrogens with zero attached hydrogens (tertiary/aromatic N) is 1. The lowest BCUT2D eigenvalue weighted by atomic mass is 10.0. The van der Waals surface area contributed by atoms with Gasteiger partial charge in [0.05, 0.1) is 12.6 Å². The van der Waals surface area contributed by atoms with E-state index in [1.807, 2.05) is 11.8 Å². The zero-order chi connectivity index (χ0) is 12.8. The van der Waals surface area contributed by atoms with Crippen LogP contribution < -0.4 is 16.4 Å². The molecule has 98 valence electrons. The molecule has 0 bridgehead atoms. The van der Waals surface area contributed by atoms with Crippen molar-refractivity contribution < 1.29 is 9.59 Å². The van der Waals surface area contributed by atoms with E-state index in [1.54, 1.807) is 7.05 Å². The Labute approximate surface area is 102 Å². The number of hydrogen-bond acceptors (Lipinski definition) is 4. The van der Waals surface area contributed by atoms with E-state index in [0.29, 0.717) is 6.54 Å². The number of carbonyl (C=O) groups is 2. The molecule has 1 heterocycles. The van der Waals surface area contributed by atoms with Crippen LogP contribution in [0.15, 0.2) is 0 Å². The van der Waals surface area contributed by atoms with Crippen molar-refractivity contribution in [3.63, 3.8) is 0 Å². The number of nitrogens with two attached hydrogens (primary N) is 1. The number of likely N-dealkylation sites (tertiary alicyclic amines) is 1. The van der Waals surface area contributed by atoms with E-state index in [-0.39, 0.29) is 23.9 Å². The molecule has 0 aromatic rings. The lowest BCUT2D eigenvalue weighted by Crippen LogP contribution is -2.50. The molecule has 1 saturated heterocycles. The molecule has 1 fully saturated rings. The fraction of sp³-hybridized carbons (Fsp3) is 0.818. The molecule has 2 amide bonds. The van der Waals surface area contributed by atoms with Gasteiger partial charge in [-0.3, -0.25) is 14.5 Å². The predicted octanol–water partition coefficient (Wildman–Crippen LogP) is -1.34. The molecule has 17 heavy (non-hydrogen) atoms. The first-order valence-electron chi connectivity index (χ1n) is 6.01. The number of nitrogens with one attached hydrogen (secondary N) is 2. The van der Waals surface area contributed by atoms with E-state index in [4.69, 9.17) is 5.73 Å². The molecule has 6 nitrogen and oxygen atoms in total. The van der Waals surface area contributed by atoms with Gasteiger partial charge in [-0.15, -0.1) is 0 Å². The van der Waals surface area contributed by atoms with Crippen molar-refractivity contribution in [3.8, 4) is 0 Å². The zero-order valence-corrected chi connectivity index (χ0v) is 10.5. The third kappa shape index (κ3) is 4.70. The van der Waals surface area contributed by atoms with E-state index in [0.717, 1.165) is 25.9 Å². The molecule has 4 N–H and O–H groups in total. The maximum Gasteiger partial charge on any atom is 0.237 e. The topological polar surface area (TPSA) is 87.5 Å². The summed E-state index contributed by atoms with van der Waals surface area (Å²) in [5.41, 5.74) is 5.14. The number of rotatable bonds is 5. The molecule has 0 spiro atoms. The van der Waals surface area contributed by atoms with Gasteiger partial charge in [-0.1, -0.05) is 0 Å². The second-order valence-electron chi connectivity index (χ2n) is 4.54. The minimum absolute atomic E-state index is 0.0286. The molecule has 1 atom stereocenters. The van der Waals surface area contributed by atoms with Crippen LogP contribution in [0, 0.1) is 0 Å². The Morgan fingerprint density at radius 2 is 2.00 bits per heavy atom. The summed E-state index contributed by atoms with van der Waals surface area (Å²) in [6, 6.07) is 0.0427. The molecule has 0 aromatic carbocycles. The van der Waals surface area contributed by atoms with E-state index in [2.05, 4.69) is 10.6 Å². The standard InChI is InChI=1S/C11H22N4O2/c1-8(13-2)11(17)14-9-3-5-15(6-4-9)7-10(12)16/h8-9,13H,3-7H2,1-2H3,(H2,12,16)(H,14,17). The second-order valence-corrected chi connectivity index (χ2v) is 4.54. The van der Waals surface area contributed by atoms with E-state index >= 15 is 0 Å². The summed E-state index contributed by atoms with van der Waals surface area (Å²) < 4.78 is 0. The van der Waals surface area contributed by atoms with Crippen LogP contribution in [0.1, 0.15) is 19.8 Å². The number of amides is 2. The van der Waals surface area contributed by atoms with Crippen molar-refractivity contribution in [3.05, 3.63) is 0 Å². The summed E-state index contributed by atoms with van der Waals surface area (Å²) in [4.78, 5) is 24.4. The number of primary amides is 1. The van der Waals surface area contributed by atoms with Gasteiger partial charge in [-0.05, 0) is 26.8 Å². The summed E-state index contributed by atoms with van der Waals surface area (Å²) >= 11 is 0. The maximum absolute atomic E-state index is 11.6. The number of carbonyl (C=O) groups excluding carboxylic acids is 2. The first-order chi connectivity index (χ1) is 8.02. The summed E-state index contributed by atoms with van der Waals surface area (Å²) in [5, 5.41) is 5.90. The number of hydrogen-bond donors (Lipinski definition) is 3. The summed E-state index contributed by atoms with van der Waals surface area (Å²) in [6.45, 7) is 3.76. The molecule has 6 heteroatoms. The van der Waals surface area contributed by atoms with Gasteiger partial charge in [-0.25, -0.2) is 0 Å². The largest absolute Gasteiger partial charge is 0.369 e. The van der Waals surface area contributed by atoms with Crippen LogP contribution in [0.3, 0.4) is 0 Å².